The fraction of sp³-hybridized carbons (Fsp3) is 0.733. The second-order valence-electron chi connectivity index (χ2n) is 5.76. The van der Waals surface area contributed by atoms with Gasteiger partial charge in [-0.25, -0.2) is 0 Å². The van der Waals surface area contributed by atoms with Crippen molar-refractivity contribution in [1.82, 2.24) is 15.0 Å². The molecule has 0 aromatic carbocycles. The van der Waals surface area contributed by atoms with Gasteiger partial charge in [-0.2, -0.15) is 0 Å². The molecule has 2 rings (SSSR count). The van der Waals surface area contributed by atoms with E-state index in [-0.39, 0.29) is 17.2 Å². The van der Waals surface area contributed by atoms with E-state index in [1.54, 1.807) is 0 Å². The summed E-state index contributed by atoms with van der Waals surface area (Å²) in [4.78, 5) is 16.4. The number of aryl methyl sites for hydroxylation is 1. The van der Waals surface area contributed by atoms with Gasteiger partial charge in [-0.05, 0) is 31.4 Å². The van der Waals surface area contributed by atoms with Gasteiger partial charge in [-0.15, -0.1) is 0 Å². The van der Waals surface area contributed by atoms with Gasteiger partial charge in [-0.3, -0.25) is 9.69 Å². The van der Waals surface area contributed by atoms with Gasteiger partial charge < -0.3 is 14.5 Å². The highest BCUT2D eigenvalue weighted by atomic mass is 35.5. The van der Waals surface area contributed by atoms with Gasteiger partial charge >= 0.3 is 0 Å². The molecule has 1 aromatic rings. The van der Waals surface area contributed by atoms with Crippen molar-refractivity contribution in [3.8, 4) is 0 Å². The fourth-order valence-electron chi connectivity index (χ4n) is 2.64. The Morgan fingerprint density at radius 2 is 2.09 bits per heavy atom. The first kappa shape index (κ1) is 17.2. The molecule has 0 radical (unpaired) electrons. The monoisotopic (exact) mass is 329 g/mol. The number of hydrogen-bond acceptors (Lipinski definition) is 5. The van der Waals surface area contributed by atoms with Crippen molar-refractivity contribution in [2.45, 2.75) is 39.2 Å². The molecule has 1 aromatic heterocycles. The highest BCUT2D eigenvalue weighted by molar-refractivity contribution is 6.29. The second-order valence-corrected chi connectivity index (χ2v) is 6.11. The van der Waals surface area contributed by atoms with Crippen LogP contribution in [0, 0.1) is 6.92 Å². The van der Waals surface area contributed by atoms with E-state index in [2.05, 4.69) is 10.1 Å². The van der Waals surface area contributed by atoms with Crippen molar-refractivity contribution < 1.29 is 14.4 Å². The zero-order valence-electron chi connectivity index (χ0n) is 13.2. The third kappa shape index (κ3) is 4.44. The van der Waals surface area contributed by atoms with E-state index in [1.165, 1.54) is 0 Å². The molecule has 1 aliphatic heterocycles. The summed E-state index contributed by atoms with van der Waals surface area (Å²) in [6, 6.07) is 0. The largest absolute Gasteiger partial charge is 0.392 e. The number of nitrogens with zero attached hydrogens (tertiary/aromatic N) is 3. The molecule has 6 nitrogen and oxygen atoms in total. The summed E-state index contributed by atoms with van der Waals surface area (Å²) in [6.07, 6.45) is 1.46. The number of piperazine rings is 1. The number of carbonyl (C=O) groups is 1. The van der Waals surface area contributed by atoms with Gasteiger partial charge in [-0.1, -0.05) is 12.1 Å². The van der Waals surface area contributed by atoms with Gasteiger partial charge in [0, 0.05) is 44.7 Å². The van der Waals surface area contributed by atoms with Crippen molar-refractivity contribution in [2.24, 2.45) is 0 Å². The number of amides is 1. The average Bonchev–Trinajstić information content (AvgIpc) is 2.84. The highest BCUT2D eigenvalue weighted by Gasteiger charge is 2.22. The average molecular weight is 330 g/mol. The molecule has 0 aliphatic carbocycles. The van der Waals surface area contributed by atoms with Gasteiger partial charge in [0.05, 0.1) is 11.8 Å². The zero-order chi connectivity index (χ0) is 16.1. The minimum absolute atomic E-state index is 0.132. The molecule has 1 aliphatic rings. The Labute approximate surface area is 136 Å². The van der Waals surface area contributed by atoms with Crippen LogP contribution in [0.25, 0.3) is 0 Å². The number of β-amino-alcohol motifs (C(OH)–C–C–N with tert-alkyl or cyclic N) is 1. The van der Waals surface area contributed by atoms with Crippen LogP contribution in [-0.4, -0.2) is 64.8 Å². The van der Waals surface area contributed by atoms with Gasteiger partial charge in [0.25, 0.3) is 0 Å². The Hall–Kier alpha value is -1.11. The molecule has 0 bridgehead atoms. The molecule has 0 unspecified atom stereocenters. The number of aliphatic hydroxyl groups is 1. The lowest BCUT2D eigenvalue weighted by Gasteiger charge is -2.35. The second kappa shape index (κ2) is 7.94. The first-order chi connectivity index (χ1) is 10.5. The molecule has 0 saturated carbocycles. The molecular formula is C15H24ClN3O3. The number of carbonyl (C=O) groups excluding carboxylic acids is 1. The van der Waals surface area contributed by atoms with Crippen LogP contribution in [0.15, 0.2) is 4.52 Å². The van der Waals surface area contributed by atoms with Crippen LogP contribution in [0.4, 0.5) is 0 Å². The minimum Gasteiger partial charge on any atom is -0.392 e. The standard InChI is InChI=1S/C15H24ClN3O3/c1-3-12(20)10-18-6-8-19(9-7-18)14(21)5-4-13-11(2)17-22-15(13)16/h12,20H,3-10H2,1-2H3/t12-/m1/s1. The van der Waals surface area contributed by atoms with Gasteiger partial charge in [0.1, 0.15) is 0 Å². The molecule has 0 spiro atoms. The van der Waals surface area contributed by atoms with E-state index >= 15 is 0 Å². The lowest BCUT2D eigenvalue weighted by Crippen LogP contribution is -2.50. The molecule has 124 valence electrons. The van der Waals surface area contributed by atoms with E-state index in [9.17, 15) is 9.90 Å². The summed E-state index contributed by atoms with van der Waals surface area (Å²) in [6.45, 7) is 7.55. The van der Waals surface area contributed by atoms with Crippen LogP contribution in [0.1, 0.15) is 31.0 Å². The Bertz CT molecular complexity index is 479. The highest BCUT2D eigenvalue weighted by Crippen LogP contribution is 2.21. The van der Waals surface area contributed by atoms with Crippen molar-refractivity contribution in [1.29, 1.82) is 0 Å². The maximum absolute atomic E-state index is 12.3. The predicted molar refractivity (Wildman–Crippen MR) is 83.9 cm³/mol. The van der Waals surface area contributed by atoms with Crippen LogP contribution in [0.2, 0.25) is 5.22 Å². The maximum atomic E-state index is 12.3. The smallest absolute Gasteiger partial charge is 0.229 e. The summed E-state index contributed by atoms with van der Waals surface area (Å²) in [5, 5.41) is 13.7. The maximum Gasteiger partial charge on any atom is 0.229 e. The number of halogens is 1. The van der Waals surface area contributed by atoms with Crippen molar-refractivity contribution in [3.63, 3.8) is 0 Å². The molecule has 1 N–H and O–H groups in total. The molecule has 1 saturated heterocycles. The predicted octanol–water partition coefficient (Wildman–Crippen LogP) is 1.48. The molecule has 1 fully saturated rings. The summed E-state index contributed by atoms with van der Waals surface area (Å²) in [7, 11) is 0. The van der Waals surface area contributed by atoms with Crippen molar-refractivity contribution in [2.75, 3.05) is 32.7 Å². The Morgan fingerprint density at radius 1 is 1.41 bits per heavy atom. The summed E-state index contributed by atoms with van der Waals surface area (Å²) < 4.78 is 4.89. The number of aliphatic hydroxyl groups excluding tert-OH is 1. The van der Waals surface area contributed by atoms with Crippen LogP contribution < -0.4 is 0 Å². The van der Waals surface area contributed by atoms with Gasteiger partial charge in [0.2, 0.25) is 11.1 Å². The molecule has 2 heterocycles. The molecule has 1 amide bonds. The first-order valence-electron chi connectivity index (χ1n) is 7.80. The summed E-state index contributed by atoms with van der Waals surface area (Å²) in [5.41, 5.74) is 1.57. The SMILES string of the molecule is CC[C@@H](O)CN1CCN(C(=O)CCc2c(C)noc2Cl)CC1. The minimum atomic E-state index is -0.277. The Balaban J connectivity index is 1.76. The molecule has 1 atom stereocenters. The number of aromatic nitrogens is 1. The van der Waals surface area contributed by atoms with E-state index < -0.39 is 0 Å². The van der Waals surface area contributed by atoms with Crippen molar-refractivity contribution >= 4 is 17.5 Å². The Morgan fingerprint density at radius 3 is 2.64 bits per heavy atom. The van der Waals surface area contributed by atoms with Crippen LogP contribution in [0.5, 0.6) is 0 Å². The summed E-state index contributed by atoms with van der Waals surface area (Å²) in [5.74, 6) is 0.132. The van der Waals surface area contributed by atoms with E-state index in [0.29, 0.717) is 32.5 Å². The normalized spacial score (nSPS) is 17.7. The van der Waals surface area contributed by atoms with Crippen LogP contribution in [0.3, 0.4) is 0 Å². The molecular weight excluding hydrogens is 306 g/mol. The molecule has 7 heteroatoms. The van der Waals surface area contributed by atoms with Crippen LogP contribution in [-0.2, 0) is 11.2 Å². The van der Waals surface area contributed by atoms with E-state index in [0.717, 1.165) is 30.8 Å². The lowest BCUT2D eigenvalue weighted by atomic mass is 10.1. The topological polar surface area (TPSA) is 69.8 Å². The van der Waals surface area contributed by atoms with E-state index in [4.69, 9.17) is 16.1 Å². The zero-order valence-corrected chi connectivity index (χ0v) is 14.0. The quantitative estimate of drug-likeness (QED) is 0.856. The third-order valence-electron chi connectivity index (χ3n) is 4.19. The van der Waals surface area contributed by atoms with Crippen LogP contribution >= 0.6 is 11.6 Å². The number of rotatable bonds is 6. The fourth-order valence-corrected chi connectivity index (χ4v) is 2.90. The van der Waals surface area contributed by atoms with Crippen molar-refractivity contribution in [3.05, 3.63) is 16.5 Å². The number of hydrogen-bond donors (Lipinski definition) is 1. The van der Waals surface area contributed by atoms with E-state index in [1.807, 2.05) is 18.7 Å². The third-order valence-corrected chi connectivity index (χ3v) is 4.49. The summed E-state index contributed by atoms with van der Waals surface area (Å²) >= 11 is 5.91. The lowest BCUT2D eigenvalue weighted by molar-refractivity contribution is -0.133. The van der Waals surface area contributed by atoms with Gasteiger partial charge in [0.15, 0.2) is 0 Å². The Kier molecular flexibility index (Phi) is 6.23. The molecule has 22 heavy (non-hydrogen) atoms. The first-order valence-corrected chi connectivity index (χ1v) is 8.18.